The van der Waals surface area contributed by atoms with E-state index < -0.39 is 0 Å². The van der Waals surface area contributed by atoms with Gasteiger partial charge < -0.3 is 0 Å². The van der Waals surface area contributed by atoms with Gasteiger partial charge in [-0.15, -0.1) is 0 Å². The van der Waals surface area contributed by atoms with Crippen LogP contribution in [0.1, 0.15) is 115 Å². The highest BCUT2D eigenvalue weighted by atomic mass is 14.1. The van der Waals surface area contributed by atoms with E-state index >= 15 is 0 Å². The molecule has 0 aliphatic rings. The smallest absolute Gasteiger partial charge is 0.0181 e. The molecule has 0 saturated heterocycles. The van der Waals surface area contributed by atoms with Gasteiger partial charge in [-0.05, 0) is 47.6 Å². The first-order chi connectivity index (χ1) is 13.8. The average Bonchev–Trinajstić information content (AvgIpc) is 2.72. The zero-order valence-corrected chi connectivity index (χ0v) is 18.8. The van der Waals surface area contributed by atoms with Crippen molar-refractivity contribution in [2.24, 2.45) is 0 Å². The van der Waals surface area contributed by atoms with Crippen molar-refractivity contribution >= 4 is 10.8 Å². The molecule has 0 amide bonds. The molecule has 0 heterocycles. The van der Waals surface area contributed by atoms with Gasteiger partial charge in [-0.1, -0.05) is 127 Å². The van der Waals surface area contributed by atoms with Crippen LogP contribution in [-0.2, 0) is 12.8 Å². The lowest BCUT2D eigenvalue weighted by Crippen LogP contribution is -1.89. The molecule has 0 fully saturated rings. The second-order valence-electron chi connectivity index (χ2n) is 8.76. The Morgan fingerprint density at radius 2 is 0.786 bits per heavy atom. The molecule has 2 rings (SSSR count). The van der Waals surface area contributed by atoms with E-state index in [1.165, 1.54) is 125 Å². The van der Waals surface area contributed by atoms with E-state index in [1.807, 2.05) is 0 Å². The first kappa shape index (κ1) is 23.0. The van der Waals surface area contributed by atoms with E-state index in [9.17, 15) is 0 Å². The zero-order chi connectivity index (χ0) is 19.9. The summed E-state index contributed by atoms with van der Waals surface area (Å²) in [5, 5.41) is 2.84. The van der Waals surface area contributed by atoms with Gasteiger partial charge in [0, 0.05) is 0 Å². The molecule has 0 heteroatoms. The van der Waals surface area contributed by atoms with Gasteiger partial charge >= 0.3 is 0 Å². The number of benzene rings is 2. The van der Waals surface area contributed by atoms with Crippen LogP contribution in [0.5, 0.6) is 0 Å². The molecule has 0 aliphatic carbocycles. The van der Waals surface area contributed by atoms with Crippen LogP contribution in [-0.4, -0.2) is 0 Å². The molecule has 0 N–H and O–H groups in total. The summed E-state index contributed by atoms with van der Waals surface area (Å²) in [6.07, 6.45) is 22.0. The summed E-state index contributed by atoms with van der Waals surface area (Å²) in [6, 6.07) is 14.3. The normalized spacial score (nSPS) is 11.4. The van der Waals surface area contributed by atoms with Gasteiger partial charge in [0.15, 0.2) is 0 Å². The largest absolute Gasteiger partial charge is 0.0654 e. The molecule has 156 valence electrons. The fraction of sp³-hybridized carbons (Fsp3) is 0.643. The minimum atomic E-state index is 1.24. The minimum absolute atomic E-state index is 1.24. The highest BCUT2D eigenvalue weighted by Crippen LogP contribution is 2.21. The van der Waals surface area contributed by atoms with Crippen LogP contribution in [0, 0.1) is 0 Å². The molecule has 2 aromatic carbocycles. The highest BCUT2D eigenvalue weighted by molar-refractivity contribution is 5.83. The predicted molar refractivity (Wildman–Crippen MR) is 127 cm³/mol. The van der Waals surface area contributed by atoms with Crippen LogP contribution in [0.2, 0.25) is 0 Å². The van der Waals surface area contributed by atoms with E-state index in [0.29, 0.717) is 0 Å². The van der Waals surface area contributed by atoms with Crippen LogP contribution in [0.15, 0.2) is 36.4 Å². The summed E-state index contributed by atoms with van der Waals surface area (Å²) < 4.78 is 0. The Kier molecular flexibility index (Phi) is 12.0. The molecule has 28 heavy (non-hydrogen) atoms. The minimum Gasteiger partial charge on any atom is -0.0654 e. The van der Waals surface area contributed by atoms with Crippen molar-refractivity contribution < 1.29 is 0 Å². The summed E-state index contributed by atoms with van der Waals surface area (Å²) in [4.78, 5) is 0. The molecule has 0 saturated carbocycles. The SMILES string of the molecule is CCCCCCCCCc1ccc2cc(CCCCCCCCC)ccc2c1. The Balaban J connectivity index is 1.69. The summed E-state index contributed by atoms with van der Waals surface area (Å²) in [7, 11) is 0. The number of hydrogen-bond donors (Lipinski definition) is 0. The predicted octanol–water partition coefficient (Wildman–Crippen LogP) is 9.43. The van der Waals surface area contributed by atoms with Gasteiger partial charge in [-0.3, -0.25) is 0 Å². The van der Waals surface area contributed by atoms with Gasteiger partial charge in [0.2, 0.25) is 0 Å². The molecular formula is C28H44. The molecule has 0 atom stereocenters. The van der Waals surface area contributed by atoms with Gasteiger partial charge in [-0.2, -0.15) is 0 Å². The van der Waals surface area contributed by atoms with E-state index in [-0.39, 0.29) is 0 Å². The molecule has 0 nitrogen and oxygen atoms in total. The summed E-state index contributed by atoms with van der Waals surface area (Å²) >= 11 is 0. The van der Waals surface area contributed by atoms with Crippen LogP contribution >= 0.6 is 0 Å². The molecule has 0 unspecified atom stereocenters. The van der Waals surface area contributed by atoms with Gasteiger partial charge in [-0.25, -0.2) is 0 Å². The van der Waals surface area contributed by atoms with Gasteiger partial charge in [0.25, 0.3) is 0 Å². The maximum atomic E-state index is 2.42. The Morgan fingerprint density at radius 3 is 1.18 bits per heavy atom. The molecule has 0 radical (unpaired) electrons. The van der Waals surface area contributed by atoms with Crippen LogP contribution < -0.4 is 0 Å². The zero-order valence-electron chi connectivity index (χ0n) is 18.8. The quantitative estimate of drug-likeness (QED) is 0.254. The number of unbranched alkanes of at least 4 members (excludes halogenated alkanes) is 12. The lowest BCUT2D eigenvalue weighted by molar-refractivity contribution is 0.589. The van der Waals surface area contributed by atoms with Gasteiger partial charge in [0.1, 0.15) is 0 Å². The fourth-order valence-corrected chi connectivity index (χ4v) is 4.23. The third kappa shape index (κ3) is 9.26. The molecule has 0 bridgehead atoms. The topological polar surface area (TPSA) is 0 Å². The third-order valence-corrected chi connectivity index (χ3v) is 6.11. The van der Waals surface area contributed by atoms with Crippen molar-refractivity contribution in [2.45, 2.75) is 117 Å². The maximum absolute atomic E-state index is 2.42. The summed E-state index contributed by atoms with van der Waals surface area (Å²) in [5.74, 6) is 0. The van der Waals surface area contributed by atoms with Crippen molar-refractivity contribution in [3.8, 4) is 0 Å². The first-order valence-electron chi connectivity index (χ1n) is 12.3. The Labute approximate surface area is 175 Å². The van der Waals surface area contributed by atoms with E-state index in [4.69, 9.17) is 0 Å². The second-order valence-corrected chi connectivity index (χ2v) is 8.76. The van der Waals surface area contributed by atoms with Crippen LogP contribution in [0.25, 0.3) is 10.8 Å². The first-order valence-corrected chi connectivity index (χ1v) is 12.3. The lowest BCUT2D eigenvalue weighted by Gasteiger charge is -2.07. The summed E-state index contributed by atoms with van der Waals surface area (Å²) in [6.45, 7) is 4.58. The highest BCUT2D eigenvalue weighted by Gasteiger charge is 2.01. The fourth-order valence-electron chi connectivity index (χ4n) is 4.23. The lowest BCUT2D eigenvalue weighted by atomic mass is 9.98. The molecular weight excluding hydrogens is 336 g/mol. The van der Waals surface area contributed by atoms with Crippen LogP contribution in [0.4, 0.5) is 0 Å². The van der Waals surface area contributed by atoms with Crippen molar-refractivity contribution in [2.75, 3.05) is 0 Å². The molecule has 2 aromatic rings. The standard InChI is InChI=1S/C28H44/c1-3-5-7-9-11-13-15-17-25-19-21-28-24-26(20-22-27(28)23-25)18-16-14-12-10-8-6-4-2/h19-24H,3-18H2,1-2H3. The maximum Gasteiger partial charge on any atom is -0.0181 e. The summed E-state index contributed by atoms with van der Waals surface area (Å²) in [5.41, 5.74) is 3.03. The van der Waals surface area contributed by atoms with E-state index in [2.05, 4.69) is 50.2 Å². The van der Waals surface area contributed by atoms with Crippen molar-refractivity contribution in [1.82, 2.24) is 0 Å². The number of fused-ring (bicyclic) bond motifs is 1. The van der Waals surface area contributed by atoms with Crippen molar-refractivity contribution in [3.05, 3.63) is 47.5 Å². The molecule has 0 aliphatic heterocycles. The average molecular weight is 381 g/mol. The number of aryl methyl sites for hydroxylation is 2. The molecule has 0 aromatic heterocycles. The van der Waals surface area contributed by atoms with Crippen LogP contribution in [0.3, 0.4) is 0 Å². The Morgan fingerprint density at radius 1 is 0.429 bits per heavy atom. The third-order valence-electron chi connectivity index (χ3n) is 6.11. The Bertz CT molecular complexity index is 582. The second kappa shape index (κ2) is 14.7. The molecule has 0 spiro atoms. The van der Waals surface area contributed by atoms with Crippen molar-refractivity contribution in [3.63, 3.8) is 0 Å². The van der Waals surface area contributed by atoms with Crippen molar-refractivity contribution in [1.29, 1.82) is 0 Å². The van der Waals surface area contributed by atoms with Gasteiger partial charge in [0.05, 0.1) is 0 Å². The van der Waals surface area contributed by atoms with E-state index in [1.54, 1.807) is 0 Å². The van der Waals surface area contributed by atoms with E-state index in [0.717, 1.165) is 0 Å². The number of hydrogen-bond acceptors (Lipinski definition) is 0. The Hall–Kier alpha value is -1.30. The monoisotopic (exact) mass is 380 g/mol. The number of rotatable bonds is 16.